The molecule has 0 saturated heterocycles. The first-order chi connectivity index (χ1) is 25.3. The van der Waals surface area contributed by atoms with Gasteiger partial charge in [0.1, 0.15) is 0 Å². The summed E-state index contributed by atoms with van der Waals surface area (Å²) in [6, 6.07) is 22.5. The van der Waals surface area contributed by atoms with E-state index >= 15 is 0 Å². The number of unbranched alkanes of at least 4 members (excludes halogenated alkanes) is 2. The minimum absolute atomic E-state index is 0.157. The van der Waals surface area contributed by atoms with E-state index < -0.39 is 5.97 Å². The number of carboxylic acids is 1. The second kappa shape index (κ2) is 17.3. The number of anilines is 1. The molecule has 0 atom stereocenters. The monoisotopic (exact) mass is 725 g/mol. The van der Waals surface area contributed by atoms with Gasteiger partial charge in [-0.2, -0.15) is 0 Å². The van der Waals surface area contributed by atoms with Gasteiger partial charge in [0, 0.05) is 25.2 Å². The Morgan fingerprint density at radius 2 is 0.962 bits per heavy atom. The van der Waals surface area contributed by atoms with E-state index in [-0.39, 0.29) is 30.0 Å². The van der Waals surface area contributed by atoms with Crippen LogP contribution in [0.25, 0.3) is 0 Å². The first-order valence-corrected chi connectivity index (χ1v) is 18.9. The van der Waals surface area contributed by atoms with Crippen LogP contribution in [0.4, 0.5) is 5.69 Å². The van der Waals surface area contributed by atoms with Crippen LogP contribution >= 0.6 is 0 Å². The Bertz CT molecular complexity index is 1630. The quantitative estimate of drug-likeness (QED) is 0.0912. The first-order valence-electron chi connectivity index (χ1n) is 18.9. The standard InChI is InChI=1S/C42H54N5O6/c1-46(2,28-11-9-24-44-39(50)34-15-5-6-16-35(34)40(44)51)30-26-43(33-22-20-32(21-23-33)14-13-19-38(48)49)27-31-47(3,4)29-12-10-25-45-41(52)36-17-7-8-18-37(36)42(45)53/h5-8,15-18,20-23H,9-14,19,24-31H2,1-4H3/q+1/p+1. The molecular weight excluding hydrogens is 670 g/mol. The van der Waals surface area contributed by atoms with Gasteiger partial charge in [0.25, 0.3) is 23.6 Å². The Hall–Kier alpha value is -4.87. The molecule has 53 heavy (non-hydrogen) atoms. The summed E-state index contributed by atoms with van der Waals surface area (Å²) in [4.78, 5) is 67.3. The molecule has 0 saturated carbocycles. The summed E-state index contributed by atoms with van der Waals surface area (Å²) in [5.74, 6) is -1.58. The van der Waals surface area contributed by atoms with E-state index in [0.717, 1.165) is 91.6 Å². The second-order valence-electron chi connectivity index (χ2n) is 15.7. The Morgan fingerprint density at radius 3 is 1.34 bits per heavy atom. The topological polar surface area (TPSA) is 115 Å². The smallest absolute Gasteiger partial charge is 0.303 e. The van der Waals surface area contributed by atoms with Crippen LogP contribution in [0.15, 0.2) is 72.8 Å². The predicted molar refractivity (Wildman–Crippen MR) is 205 cm³/mol. The number of fused-ring (bicyclic) bond motifs is 2. The average molecular weight is 726 g/mol. The number of hydrogen-bond donors (Lipinski definition) is 1. The van der Waals surface area contributed by atoms with Crippen molar-refractivity contribution in [1.29, 1.82) is 0 Å². The first kappa shape index (κ1) is 39.3. The highest BCUT2D eigenvalue weighted by atomic mass is 16.4. The summed E-state index contributed by atoms with van der Waals surface area (Å²) in [7, 11) is 8.89. The number of aliphatic carboxylic acids is 1. The number of aryl methyl sites for hydroxylation is 1. The van der Waals surface area contributed by atoms with Crippen LogP contribution in [-0.2, 0) is 11.2 Å². The molecule has 3 aromatic carbocycles. The number of rotatable bonds is 21. The van der Waals surface area contributed by atoms with Crippen LogP contribution in [0.2, 0.25) is 0 Å². The normalized spacial score (nSPS) is 14.3. The highest BCUT2D eigenvalue weighted by molar-refractivity contribution is 6.22. The molecule has 4 amide bonds. The van der Waals surface area contributed by atoms with E-state index in [9.17, 15) is 24.0 Å². The molecule has 0 radical (unpaired) electrons. The number of hydrogen-bond acceptors (Lipinski definition) is 6. The molecule has 0 spiro atoms. The molecule has 5 rings (SSSR count). The van der Waals surface area contributed by atoms with Gasteiger partial charge in [-0.3, -0.25) is 33.8 Å². The van der Waals surface area contributed by atoms with Crippen molar-refractivity contribution in [2.75, 3.05) is 85.4 Å². The number of nitrogens with zero attached hydrogens (tertiary/aromatic N) is 5. The van der Waals surface area contributed by atoms with Crippen LogP contribution in [0.3, 0.4) is 0 Å². The molecule has 2 aliphatic heterocycles. The van der Waals surface area contributed by atoms with Gasteiger partial charge < -0.3 is 19.0 Å². The Kier molecular flexibility index (Phi) is 12.8. The Morgan fingerprint density at radius 1 is 0.566 bits per heavy atom. The van der Waals surface area contributed by atoms with E-state index in [4.69, 9.17) is 5.11 Å². The van der Waals surface area contributed by atoms with Gasteiger partial charge in [0.05, 0.1) is 89.7 Å². The lowest BCUT2D eigenvalue weighted by molar-refractivity contribution is -0.890. The van der Waals surface area contributed by atoms with Gasteiger partial charge in [0.15, 0.2) is 0 Å². The number of amides is 4. The molecule has 282 valence electrons. The number of quaternary nitrogens is 2. The Labute approximate surface area is 313 Å². The lowest BCUT2D eigenvalue weighted by Gasteiger charge is -2.36. The van der Waals surface area contributed by atoms with Crippen LogP contribution in [0.1, 0.15) is 85.5 Å². The zero-order valence-corrected chi connectivity index (χ0v) is 31.8. The molecule has 0 bridgehead atoms. The largest absolute Gasteiger partial charge is 0.481 e. The van der Waals surface area contributed by atoms with Crippen LogP contribution in [0, 0.1) is 0 Å². The summed E-state index contributed by atoms with van der Waals surface area (Å²) in [6.45, 7) is 6.14. The number of carboxylic acid groups (broad SMARTS) is 1. The molecule has 0 fully saturated rings. The fraction of sp³-hybridized carbons (Fsp3) is 0.452. The van der Waals surface area contributed by atoms with Crippen molar-refractivity contribution in [3.05, 3.63) is 101 Å². The SMILES string of the molecule is C[N+](C)(CCCCN1C(=O)c2ccccc2C1=O)CCN(CC[N+](C)(C)CCCCN1C(=O)c2ccccc2C1=O)c1ccc(CCCC(=O)O)cc1. The maximum atomic E-state index is 12.8. The van der Waals surface area contributed by atoms with Gasteiger partial charge in [-0.05, 0) is 80.5 Å². The summed E-state index contributed by atoms with van der Waals surface area (Å²) in [5.41, 5.74) is 4.22. The van der Waals surface area contributed by atoms with E-state index in [1.54, 1.807) is 48.5 Å². The number of likely N-dealkylation sites (N-methyl/N-ethyl adjacent to an activating group) is 2. The lowest BCUT2D eigenvalue weighted by Crippen LogP contribution is -2.50. The highest BCUT2D eigenvalue weighted by Crippen LogP contribution is 2.24. The predicted octanol–water partition coefficient (Wildman–Crippen LogP) is 5.21. The average Bonchev–Trinajstić information content (AvgIpc) is 3.52. The van der Waals surface area contributed by atoms with E-state index in [0.29, 0.717) is 41.8 Å². The van der Waals surface area contributed by atoms with Crippen molar-refractivity contribution in [2.24, 2.45) is 0 Å². The summed E-state index contributed by atoms with van der Waals surface area (Å²) in [5, 5.41) is 9.03. The third kappa shape index (κ3) is 10.2. The Balaban J connectivity index is 1.12. The molecule has 0 aromatic heterocycles. The van der Waals surface area contributed by atoms with E-state index in [1.807, 2.05) is 0 Å². The maximum Gasteiger partial charge on any atom is 0.303 e. The minimum atomic E-state index is -0.776. The number of benzene rings is 3. The molecule has 0 aliphatic carbocycles. The third-order valence-corrected chi connectivity index (χ3v) is 10.7. The third-order valence-electron chi connectivity index (χ3n) is 10.7. The maximum absolute atomic E-state index is 12.8. The summed E-state index contributed by atoms with van der Waals surface area (Å²) < 4.78 is 1.59. The summed E-state index contributed by atoms with van der Waals surface area (Å²) in [6.07, 6.45) is 4.76. The molecule has 2 aliphatic rings. The van der Waals surface area contributed by atoms with Gasteiger partial charge in [0.2, 0.25) is 0 Å². The summed E-state index contributed by atoms with van der Waals surface area (Å²) >= 11 is 0. The van der Waals surface area contributed by atoms with Crippen molar-refractivity contribution < 1.29 is 38.0 Å². The second-order valence-corrected chi connectivity index (χ2v) is 15.7. The van der Waals surface area contributed by atoms with Crippen LogP contribution in [-0.4, -0.2) is 134 Å². The number of carbonyl (C=O) groups is 5. The zero-order chi connectivity index (χ0) is 38.2. The molecular formula is C42H55N5O6+2. The lowest BCUT2D eigenvalue weighted by atomic mass is 10.1. The van der Waals surface area contributed by atoms with Crippen LogP contribution in [0.5, 0.6) is 0 Å². The van der Waals surface area contributed by atoms with Gasteiger partial charge in [-0.15, -0.1) is 0 Å². The van der Waals surface area contributed by atoms with Crippen molar-refractivity contribution in [2.45, 2.75) is 44.9 Å². The fourth-order valence-corrected chi connectivity index (χ4v) is 7.20. The van der Waals surface area contributed by atoms with E-state index in [1.165, 1.54) is 9.80 Å². The van der Waals surface area contributed by atoms with E-state index in [2.05, 4.69) is 57.4 Å². The van der Waals surface area contributed by atoms with Gasteiger partial charge in [-0.25, -0.2) is 0 Å². The van der Waals surface area contributed by atoms with Crippen LogP contribution < -0.4 is 4.90 Å². The molecule has 1 N–H and O–H groups in total. The van der Waals surface area contributed by atoms with Gasteiger partial charge in [-0.1, -0.05) is 36.4 Å². The molecule has 11 nitrogen and oxygen atoms in total. The molecule has 2 heterocycles. The van der Waals surface area contributed by atoms with Crippen molar-refractivity contribution in [1.82, 2.24) is 9.80 Å². The fourth-order valence-electron chi connectivity index (χ4n) is 7.20. The van der Waals surface area contributed by atoms with Crippen molar-refractivity contribution in [3.63, 3.8) is 0 Å². The van der Waals surface area contributed by atoms with Crippen molar-refractivity contribution in [3.8, 4) is 0 Å². The molecule has 11 heteroatoms. The van der Waals surface area contributed by atoms with Crippen molar-refractivity contribution >= 4 is 35.3 Å². The number of carbonyl (C=O) groups excluding carboxylic acids is 4. The van der Waals surface area contributed by atoms with Gasteiger partial charge >= 0.3 is 5.97 Å². The molecule has 3 aromatic rings. The molecule has 0 unspecified atom stereocenters. The zero-order valence-electron chi connectivity index (χ0n) is 31.8. The number of imide groups is 2. The minimum Gasteiger partial charge on any atom is -0.481 e. The highest BCUT2D eigenvalue weighted by Gasteiger charge is 2.36.